The van der Waals surface area contributed by atoms with Crippen molar-refractivity contribution in [2.45, 2.75) is 26.7 Å². The summed E-state index contributed by atoms with van der Waals surface area (Å²) in [5.74, 6) is -0.517. The van der Waals surface area contributed by atoms with Gasteiger partial charge < -0.3 is 5.32 Å². The molecule has 0 unspecified atom stereocenters. The number of para-hydroxylation sites is 1. The van der Waals surface area contributed by atoms with Gasteiger partial charge in [-0.15, -0.1) is 0 Å². The summed E-state index contributed by atoms with van der Waals surface area (Å²) in [6, 6.07) is 9.74. The van der Waals surface area contributed by atoms with E-state index in [0.717, 1.165) is 5.56 Å². The standard InChI is InChI=1S/C21H20FN5O2/c1-12(2)20-23-11-27(25-20)14-8-7-13(3)15(9-14)21(29)26-10-18(28)24-19-16(22)5-4-6-17(19)26/h4-9,11-12H,10H2,1-3H3,(H,24,28). The molecule has 2 amide bonds. The molecule has 0 saturated heterocycles. The predicted octanol–water partition coefficient (Wildman–Crippen LogP) is 3.44. The van der Waals surface area contributed by atoms with Crippen LogP contribution in [-0.4, -0.2) is 33.1 Å². The molecule has 0 atom stereocenters. The van der Waals surface area contributed by atoms with Crippen molar-refractivity contribution >= 4 is 23.2 Å². The number of benzene rings is 2. The molecule has 2 aromatic carbocycles. The van der Waals surface area contributed by atoms with Crippen molar-refractivity contribution in [2.75, 3.05) is 16.8 Å². The van der Waals surface area contributed by atoms with Crippen molar-refractivity contribution in [3.8, 4) is 5.69 Å². The highest BCUT2D eigenvalue weighted by Gasteiger charge is 2.30. The first-order valence-corrected chi connectivity index (χ1v) is 9.28. The summed E-state index contributed by atoms with van der Waals surface area (Å²) >= 11 is 0. The van der Waals surface area contributed by atoms with E-state index in [0.29, 0.717) is 22.8 Å². The number of rotatable bonds is 3. The molecule has 0 aliphatic carbocycles. The average molecular weight is 393 g/mol. The molecule has 1 aromatic heterocycles. The van der Waals surface area contributed by atoms with Gasteiger partial charge in [0.1, 0.15) is 24.4 Å². The van der Waals surface area contributed by atoms with E-state index in [-0.39, 0.29) is 24.1 Å². The van der Waals surface area contributed by atoms with Gasteiger partial charge in [0.25, 0.3) is 5.91 Å². The van der Waals surface area contributed by atoms with Crippen LogP contribution in [0, 0.1) is 12.7 Å². The van der Waals surface area contributed by atoms with Gasteiger partial charge in [0, 0.05) is 11.5 Å². The summed E-state index contributed by atoms with van der Waals surface area (Å²) in [7, 11) is 0. The Kier molecular flexibility index (Phi) is 4.62. The second-order valence-corrected chi connectivity index (χ2v) is 7.27. The number of amides is 2. The number of aryl methyl sites for hydroxylation is 1. The number of nitrogens with one attached hydrogen (secondary N) is 1. The van der Waals surface area contributed by atoms with Crippen molar-refractivity contribution in [3.05, 3.63) is 65.5 Å². The van der Waals surface area contributed by atoms with E-state index in [1.165, 1.54) is 17.0 Å². The molecule has 148 valence electrons. The molecule has 7 nitrogen and oxygen atoms in total. The molecule has 0 bridgehead atoms. The zero-order valence-electron chi connectivity index (χ0n) is 16.3. The number of fused-ring (bicyclic) bond motifs is 1. The van der Waals surface area contributed by atoms with E-state index in [9.17, 15) is 14.0 Å². The largest absolute Gasteiger partial charge is 0.320 e. The number of carbonyl (C=O) groups is 2. The third kappa shape index (κ3) is 3.37. The quantitative estimate of drug-likeness (QED) is 0.739. The Morgan fingerprint density at radius 1 is 1.24 bits per heavy atom. The van der Waals surface area contributed by atoms with Crippen LogP contribution in [0.5, 0.6) is 0 Å². The maximum atomic E-state index is 14.1. The molecule has 1 aliphatic heterocycles. The van der Waals surface area contributed by atoms with Gasteiger partial charge >= 0.3 is 0 Å². The number of hydrogen-bond donors (Lipinski definition) is 1. The van der Waals surface area contributed by atoms with Crippen molar-refractivity contribution in [1.82, 2.24) is 14.8 Å². The molecule has 1 N–H and O–H groups in total. The Hall–Kier alpha value is -3.55. The van der Waals surface area contributed by atoms with Crippen LogP contribution < -0.4 is 10.2 Å². The van der Waals surface area contributed by atoms with Crippen LogP contribution in [0.3, 0.4) is 0 Å². The molecule has 29 heavy (non-hydrogen) atoms. The molecule has 0 fully saturated rings. The molecule has 0 saturated carbocycles. The topological polar surface area (TPSA) is 80.1 Å². The zero-order valence-corrected chi connectivity index (χ0v) is 16.3. The van der Waals surface area contributed by atoms with Crippen molar-refractivity contribution in [1.29, 1.82) is 0 Å². The number of halogens is 1. The minimum absolute atomic E-state index is 0.0174. The molecular formula is C21H20FN5O2. The lowest BCUT2D eigenvalue weighted by atomic mass is 10.0. The molecule has 4 rings (SSSR count). The Morgan fingerprint density at radius 3 is 2.76 bits per heavy atom. The van der Waals surface area contributed by atoms with Gasteiger partial charge in [-0.1, -0.05) is 26.0 Å². The number of hydrogen-bond acceptors (Lipinski definition) is 4. The van der Waals surface area contributed by atoms with Crippen molar-refractivity contribution in [3.63, 3.8) is 0 Å². The number of anilines is 2. The van der Waals surface area contributed by atoms with E-state index in [1.54, 1.807) is 23.1 Å². The van der Waals surface area contributed by atoms with Crippen LogP contribution in [0.4, 0.5) is 15.8 Å². The highest BCUT2D eigenvalue weighted by Crippen LogP contribution is 2.33. The van der Waals surface area contributed by atoms with Gasteiger partial charge in [0.15, 0.2) is 5.82 Å². The van der Waals surface area contributed by atoms with Crippen molar-refractivity contribution < 1.29 is 14.0 Å². The molecule has 8 heteroatoms. The lowest BCUT2D eigenvalue weighted by Gasteiger charge is -2.30. The summed E-state index contributed by atoms with van der Waals surface area (Å²) < 4.78 is 15.8. The van der Waals surface area contributed by atoms with E-state index < -0.39 is 11.7 Å². The fourth-order valence-electron chi connectivity index (χ4n) is 3.24. The lowest BCUT2D eigenvalue weighted by Crippen LogP contribution is -2.42. The fraction of sp³-hybridized carbons (Fsp3) is 0.238. The van der Waals surface area contributed by atoms with Gasteiger partial charge in [-0.2, -0.15) is 5.10 Å². The van der Waals surface area contributed by atoms with Gasteiger partial charge in [0.05, 0.1) is 11.4 Å². The Bertz CT molecular complexity index is 1120. The van der Waals surface area contributed by atoms with Crippen LogP contribution >= 0.6 is 0 Å². The Labute approximate surface area is 167 Å². The van der Waals surface area contributed by atoms with Gasteiger partial charge in [-0.3, -0.25) is 14.5 Å². The first kappa shape index (κ1) is 18.8. The SMILES string of the molecule is Cc1ccc(-n2cnc(C(C)C)n2)cc1C(=O)N1CC(=O)Nc2c(F)cccc21. The maximum Gasteiger partial charge on any atom is 0.259 e. The normalized spacial score (nSPS) is 13.4. The molecule has 3 aromatic rings. The summed E-state index contributed by atoms with van der Waals surface area (Å²) in [4.78, 5) is 31.0. The summed E-state index contributed by atoms with van der Waals surface area (Å²) in [6.07, 6.45) is 1.60. The van der Waals surface area contributed by atoms with Crippen LogP contribution in [-0.2, 0) is 4.79 Å². The average Bonchev–Trinajstić information content (AvgIpc) is 3.19. The van der Waals surface area contributed by atoms with Crippen LogP contribution in [0.15, 0.2) is 42.7 Å². The monoisotopic (exact) mass is 393 g/mol. The van der Waals surface area contributed by atoms with Gasteiger partial charge in [-0.25, -0.2) is 14.1 Å². The van der Waals surface area contributed by atoms with Crippen LogP contribution in [0.1, 0.15) is 41.5 Å². The Morgan fingerprint density at radius 2 is 2.03 bits per heavy atom. The fourth-order valence-corrected chi connectivity index (χ4v) is 3.24. The highest BCUT2D eigenvalue weighted by atomic mass is 19.1. The van der Waals surface area contributed by atoms with Crippen LogP contribution in [0.25, 0.3) is 5.69 Å². The molecular weight excluding hydrogens is 373 g/mol. The predicted molar refractivity (Wildman–Crippen MR) is 107 cm³/mol. The first-order chi connectivity index (χ1) is 13.8. The second kappa shape index (κ2) is 7.12. The van der Waals surface area contributed by atoms with E-state index in [1.807, 2.05) is 32.9 Å². The summed E-state index contributed by atoms with van der Waals surface area (Å²) in [6.45, 7) is 5.64. The summed E-state index contributed by atoms with van der Waals surface area (Å²) in [5.41, 5.74) is 2.19. The van der Waals surface area contributed by atoms with E-state index in [2.05, 4.69) is 15.4 Å². The van der Waals surface area contributed by atoms with E-state index >= 15 is 0 Å². The number of nitrogens with zero attached hydrogens (tertiary/aromatic N) is 4. The minimum Gasteiger partial charge on any atom is -0.320 e. The Balaban J connectivity index is 1.74. The third-order valence-corrected chi connectivity index (χ3v) is 4.84. The van der Waals surface area contributed by atoms with Crippen molar-refractivity contribution in [2.24, 2.45) is 0 Å². The minimum atomic E-state index is -0.581. The second-order valence-electron chi connectivity index (χ2n) is 7.27. The van der Waals surface area contributed by atoms with Gasteiger partial charge in [-0.05, 0) is 36.8 Å². The molecule has 1 aliphatic rings. The molecule has 2 heterocycles. The van der Waals surface area contributed by atoms with E-state index in [4.69, 9.17) is 0 Å². The highest BCUT2D eigenvalue weighted by molar-refractivity contribution is 6.15. The maximum absolute atomic E-state index is 14.1. The number of carbonyl (C=O) groups excluding carboxylic acids is 2. The van der Waals surface area contributed by atoms with Crippen LogP contribution in [0.2, 0.25) is 0 Å². The third-order valence-electron chi connectivity index (χ3n) is 4.84. The molecule has 0 spiro atoms. The lowest BCUT2D eigenvalue weighted by molar-refractivity contribution is -0.115. The smallest absolute Gasteiger partial charge is 0.259 e. The zero-order chi connectivity index (χ0) is 20.7. The number of aromatic nitrogens is 3. The summed E-state index contributed by atoms with van der Waals surface area (Å²) in [5, 5.41) is 6.95. The first-order valence-electron chi connectivity index (χ1n) is 9.28. The molecule has 0 radical (unpaired) electrons. The van der Waals surface area contributed by atoms with Gasteiger partial charge in [0.2, 0.25) is 5.91 Å².